The van der Waals surface area contributed by atoms with Gasteiger partial charge in [0.2, 0.25) is 11.8 Å². The SMILES string of the molecule is CCCCNC(=O)[C@H](Cc1ccccc1)N(Cc1ccccc1F)C(=O)CN(c1ccc(Cl)cc1C)S(=O)(=O)c1ccccc1. The second-order valence-corrected chi connectivity index (χ2v) is 13.0. The summed E-state index contributed by atoms with van der Waals surface area (Å²) in [5.41, 5.74) is 1.79. The van der Waals surface area contributed by atoms with Crippen LogP contribution >= 0.6 is 11.6 Å². The van der Waals surface area contributed by atoms with Gasteiger partial charge in [-0.1, -0.05) is 91.7 Å². The van der Waals surface area contributed by atoms with Crippen molar-refractivity contribution in [3.63, 3.8) is 0 Å². The van der Waals surface area contributed by atoms with E-state index in [0.29, 0.717) is 17.1 Å². The molecule has 0 radical (unpaired) electrons. The van der Waals surface area contributed by atoms with Gasteiger partial charge in [-0.05, 0) is 60.9 Å². The van der Waals surface area contributed by atoms with Crippen LogP contribution in [0.1, 0.15) is 36.5 Å². The fourth-order valence-corrected chi connectivity index (χ4v) is 6.73. The molecule has 0 unspecified atom stereocenters. The number of unbranched alkanes of at least 4 members (excludes halogenated alkanes) is 1. The molecule has 2 amide bonds. The number of benzene rings is 4. The number of nitrogens with one attached hydrogen (secondary N) is 1. The predicted octanol–water partition coefficient (Wildman–Crippen LogP) is 6.54. The molecule has 1 N–H and O–H groups in total. The fourth-order valence-electron chi connectivity index (χ4n) is 5.00. The van der Waals surface area contributed by atoms with Gasteiger partial charge in [-0.25, -0.2) is 12.8 Å². The zero-order valence-electron chi connectivity index (χ0n) is 25.3. The molecular formula is C35H37ClFN3O4S. The van der Waals surface area contributed by atoms with E-state index in [9.17, 15) is 18.0 Å². The van der Waals surface area contributed by atoms with E-state index in [1.807, 2.05) is 37.3 Å². The number of carbonyl (C=O) groups excluding carboxylic acids is 2. The van der Waals surface area contributed by atoms with Crippen LogP contribution in [0.3, 0.4) is 0 Å². The molecule has 0 aliphatic rings. The monoisotopic (exact) mass is 649 g/mol. The second kappa shape index (κ2) is 15.7. The Morgan fingerprint density at radius 3 is 2.20 bits per heavy atom. The van der Waals surface area contributed by atoms with Crippen molar-refractivity contribution in [2.45, 2.75) is 50.6 Å². The molecule has 1 atom stereocenters. The quantitative estimate of drug-likeness (QED) is 0.157. The number of amides is 2. The third-order valence-electron chi connectivity index (χ3n) is 7.44. The zero-order valence-corrected chi connectivity index (χ0v) is 26.9. The van der Waals surface area contributed by atoms with Gasteiger partial charge in [-0.15, -0.1) is 0 Å². The van der Waals surface area contributed by atoms with Crippen molar-refractivity contribution in [2.75, 3.05) is 17.4 Å². The third-order valence-corrected chi connectivity index (χ3v) is 9.45. The van der Waals surface area contributed by atoms with E-state index >= 15 is 4.39 Å². The van der Waals surface area contributed by atoms with E-state index in [1.54, 1.807) is 61.5 Å². The topological polar surface area (TPSA) is 86.8 Å². The normalized spacial score (nSPS) is 11.9. The summed E-state index contributed by atoms with van der Waals surface area (Å²) in [4.78, 5) is 29.5. The average molecular weight is 650 g/mol. The Morgan fingerprint density at radius 1 is 0.911 bits per heavy atom. The molecule has 0 spiro atoms. The highest BCUT2D eigenvalue weighted by Crippen LogP contribution is 2.29. The molecule has 4 rings (SSSR count). The molecule has 0 saturated carbocycles. The lowest BCUT2D eigenvalue weighted by atomic mass is 10.0. The second-order valence-electron chi connectivity index (χ2n) is 10.7. The molecule has 0 fully saturated rings. The van der Waals surface area contributed by atoms with E-state index in [4.69, 9.17) is 11.6 Å². The minimum atomic E-state index is -4.25. The van der Waals surface area contributed by atoms with Gasteiger partial charge < -0.3 is 10.2 Å². The van der Waals surface area contributed by atoms with Crippen LogP contribution in [-0.2, 0) is 32.6 Å². The third kappa shape index (κ3) is 8.71. The molecule has 0 aliphatic carbocycles. The van der Waals surface area contributed by atoms with Crippen molar-refractivity contribution >= 4 is 39.1 Å². The Balaban J connectivity index is 1.81. The van der Waals surface area contributed by atoms with Gasteiger partial charge in [0.05, 0.1) is 10.6 Å². The van der Waals surface area contributed by atoms with Crippen LogP contribution in [-0.4, -0.2) is 44.3 Å². The number of rotatable bonds is 14. The van der Waals surface area contributed by atoms with E-state index in [-0.39, 0.29) is 29.1 Å². The Labute approximate surface area is 269 Å². The summed E-state index contributed by atoms with van der Waals surface area (Å²) in [5, 5.41) is 3.33. The first kappa shape index (κ1) is 33.7. The summed E-state index contributed by atoms with van der Waals surface area (Å²) in [6.45, 7) is 3.23. The van der Waals surface area contributed by atoms with Crippen LogP contribution < -0.4 is 9.62 Å². The highest BCUT2D eigenvalue weighted by atomic mass is 35.5. The smallest absolute Gasteiger partial charge is 0.264 e. The average Bonchev–Trinajstić information content (AvgIpc) is 3.03. The summed E-state index contributed by atoms with van der Waals surface area (Å²) in [5.74, 6) is -1.61. The van der Waals surface area contributed by atoms with E-state index < -0.39 is 40.2 Å². The molecule has 4 aromatic carbocycles. The van der Waals surface area contributed by atoms with Crippen molar-refractivity contribution in [3.05, 3.63) is 131 Å². The minimum Gasteiger partial charge on any atom is -0.354 e. The largest absolute Gasteiger partial charge is 0.354 e. The van der Waals surface area contributed by atoms with Gasteiger partial charge in [0.1, 0.15) is 18.4 Å². The van der Waals surface area contributed by atoms with E-state index in [1.165, 1.54) is 23.1 Å². The van der Waals surface area contributed by atoms with Gasteiger partial charge in [0, 0.05) is 30.1 Å². The van der Waals surface area contributed by atoms with Crippen LogP contribution in [0.4, 0.5) is 10.1 Å². The van der Waals surface area contributed by atoms with Crippen LogP contribution in [0, 0.1) is 12.7 Å². The number of hydrogen-bond donors (Lipinski definition) is 1. The maximum Gasteiger partial charge on any atom is 0.264 e. The van der Waals surface area contributed by atoms with Gasteiger partial charge >= 0.3 is 0 Å². The number of carbonyl (C=O) groups is 2. The molecule has 7 nitrogen and oxygen atoms in total. The first-order valence-electron chi connectivity index (χ1n) is 14.8. The van der Waals surface area contributed by atoms with Crippen LogP contribution in [0.5, 0.6) is 0 Å². The Morgan fingerprint density at radius 2 is 1.56 bits per heavy atom. The van der Waals surface area contributed by atoms with Crippen LogP contribution in [0.15, 0.2) is 108 Å². The lowest BCUT2D eigenvalue weighted by Crippen LogP contribution is -2.53. The van der Waals surface area contributed by atoms with Crippen molar-refractivity contribution in [2.24, 2.45) is 0 Å². The summed E-state index contributed by atoms with van der Waals surface area (Å²) in [7, 11) is -4.25. The summed E-state index contributed by atoms with van der Waals surface area (Å²) < 4.78 is 44.2. The molecule has 0 saturated heterocycles. The van der Waals surface area contributed by atoms with Gasteiger partial charge in [-0.2, -0.15) is 0 Å². The van der Waals surface area contributed by atoms with Gasteiger partial charge in [-0.3, -0.25) is 13.9 Å². The summed E-state index contributed by atoms with van der Waals surface area (Å²) >= 11 is 6.20. The minimum absolute atomic E-state index is 0.00838. The van der Waals surface area contributed by atoms with Crippen LogP contribution in [0.25, 0.3) is 0 Å². The lowest BCUT2D eigenvalue weighted by Gasteiger charge is -2.34. The maximum atomic E-state index is 15.0. The van der Waals surface area contributed by atoms with Crippen molar-refractivity contribution in [1.82, 2.24) is 10.2 Å². The van der Waals surface area contributed by atoms with E-state index in [0.717, 1.165) is 22.7 Å². The lowest BCUT2D eigenvalue weighted by molar-refractivity contribution is -0.140. The standard InChI is InChI=1S/C35H37ClFN3O4S/c1-3-4-21-38-35(42)33(23-27-13-7-5-8-14-27)39(24-28-15-11-12-18-31(28)37)34(41)25-40(32-20-19-29(36)22-26(32)2)45(43,44)30-16-9-6-10-17-30/h5-20,22,33H,3-4,21,23-25H2,1-2H3,(H,38,42)/t33-/m0/s1. The molecule has 10 heteroatoms. The summed E-state index contributed by atoms with van der Waals surface area (Å²) in [6.07, 6.45) is 1.74. The molecule has 236 valence electrons. The highest BCUT2D eigenvalue weighted by Gasteiger charge is 2.35. The van der Waals surface area contributed by atoms with Crippen LogP contribution in [0.2, 0.25) is 5.02 Å². The molecule has 0 bridgehead atoms. The van der Waals surface area contributed by atoms with Crippen molar-refractivity contribution < 1.29 is 22.4 Å². The molecular weight excluding hydrogens is 613 g/mol. The number of hydrogen-bond acceptors (Lipinski definition) is 4. The number of nitrogens with zero attached hydrogens (tertiary/aromatic N) is 2. The molecule has 0 aliphatic heterocycles. The van der Waals surface area contributed by atoms with E-state index in [2.05, 4.69) is 5.32 Å². The Hall–Kier alpha value is -4.21. The summed E-state index contributed by atoms with van der Waals surface area (Å²) in [6, 6.07) is 26.7. The number of halogens is 2. The molecule has 4 aromatic rings. The van der Waals surface area contributed by atoms with Gasteiger partial charge in [0.15, 0.2) is 0 Å². The Bertz CT molecular complexity index is 1700. The zero-order chi connectivity index (χ0) is 32.4. The molecule has 0 heterocycles. The molecule has 45 heavy (non-hydrogen) atoms. The fraction of sp³-hybridized carbons (Fsp3) is 0.257. The van der Waals surface area contributed by atoms with Crippen molar-refractivity contribution in [3.8, 4) is 0 Å². The van der Waals surface area contributed by atoms with Crippen molar-refractivity contribution in [1.29, 1.82) is 0 Å². The molecule has 0 aromatic heterocycles. The number of anilines is 1. The first-order chi connectivity index (χ1) is 21.6. The first-order valence-corrected chi connectivity index (χ1v) is 16.6. The number of aryl methyl sites for hydroxylation is 1. The maximum absolute atomic E-state index is 15.0. The Kier molecular flexibility index (Phi) is 11.7. The van der Waals surface area contributed by atoms with Gasteiger partial charge in [0.25, 0.3) is 10.0 Å². The number of sulfonamides is 1. The highest BCUT2D eigenvalue weighted by molar-refractivity contribution is 7.92. The predicted molar refractivity (Wildman–Crippen MR) is 176 cm³/mol.